The van der Waals surface area contributed by atoms with Crippen LogP contribution in [0.2, 0.25) is 0 Å². The molecule has 0 spiro atoms. The lowest BCUT2D eigenvalue weighted by molar-refractivity contribution is -0.117. The third-order valence-corrected chi connectivity index (χ3v) is 4.17. The van der Waals surface area contributed by atoms with Gasteiger partial charge in [0, 0.05) is 12.2 Å². The number of hydrogen-bond donors (Lipinski definition) is 1. The maximum absolute atomic E-state index is 12.7. The van der Waals surface area contributed by atoms with Crippen LogP contribution in [-0.2, 0) is 4.79 Å². The molecule has 0 radical (unpaired) electrons. The van der Waals surface area contributed by atoms with Gasteiger partial charge < -0.3 is 15.4 Å². The van der Waals surface area contributed by atoms with E-state index in [9.17, 15) is 4.79 Å². The Morgan fingerprint density at radius 1 is 1.17 bits per heavy atom. The van der Waals surface area contributed by atoms with Gasteiger partial charge in [0.05, 0.1) is 5.69 Å². The van der Waals surface area contributed by atoms with Gasteiger partial charge in [-0.25, -0.2) is 0 Å². The molecule has 0 aromatic heterocycles. The SMILES string of the molecule is CCN1C(=O)/C(=C\c2ccc(C(C)C)cc2)Oc2ccc(N)cc21. The van der Waals surface area contributed by atoms with Crippen LogP contribution >= 0.6 is 0 Å². The van der Waals surface area contributed by atoms with E-state index in [0.29, 0.717) is 29.7 Å². The molecule has 124 valence electrons. The predicted molar refractivity (Wildman–Crippen MR) is 98.0 cm³/mol. The Morgan fingerprint density at radius 3 is 2.50 bits per heavy atom. The predicted octanol–water partition coefficient (Wildman–Crippen LogP) is 4.18. The van der Waals surface area contributed by atoms with Gasteiger partial charge in [0.1, 0.15) is 0 Å². The number of nitrogens with two attached hydrogens (primary N) is 1. The van der Waals surface area contributed by atoms with Crippen molar-refractivity contribution in [1.29, 1.82) is 0 Å². The van der Waals surface area contributed by atoms with Crippen molar-refractivity contribution in [2.24, 2.45) is 0 Å². The van der Waals surface area contributed by atoms with Crippen LogP contribution in [0, 0.1) is 0 Å². The van der Waals surface area contributed by atoms with E-state index in [-0.39, 0.29) is 5.91 Å². The first-order valence-corrected chi connectivity index (χ1v) is 8.20. The zero-order chi connectivity index (χ0) is 17.3. The van der Waals surface area contributed by atoms with Crippen LogP contribution in [-0.4, -0.2) is 12.5 Å². The van der Waals surface area contributed by atoms with Crippen molar-refractivity contribution in [3.8, 4) is 5.75 Å². The molecule has 3 rings (SSSR count). The molecule has 0 aliphatic carbocycles. The smallest absolute Gasteiger partial charge is 0.294 e. The second-order valence-corrected chi connectivity index (χ2v) is 6.21. The lowest BCUT2D eigenvalue weighted by atomic mass is 10.0. The summed E-state index contributed by atoms with van der Waals surface area (Å²) < 4.78 is 5.83. The normalized spacial score (nSPS) is 15.6. The van der Waals surface area contributed by atoms with Crippen molar-refractivity contribution in [3.63, 3.8) is 0 Å². The quantitative estimate of drug-likeness (QED) is 0.681. The van der Waals surface area contributed by atoms with Crippen molar-refractivity contribution in [2.45, 2.75) is 26.7 Å². The first kappa shape index (κ1) is 16.1. The van der Waals surface area contributed by atoms with E-state index in [1.807, 2.05) is 19.1 Å². The van der Waals surface area contributed by atoms with Gasteiger partial charge in [-0.05, 0) is 48.2 Å². The van der Waals surface area contributed by atoms with Crippen LogP contribution < -0.4 is 15.4 Å². The van der Waals surface area contributed by atoms with Crippen molar-refractivity contribution in [2.75, 3.05) is 17.2 Å². The molecule has 0 fully saturated rings. The number of fused-ring (bicyclic) bond motifs is 1. The lowest BCUT2D eigenvalue weighted by Gasteiger charge is -2.29. The van der Waals surface area contributed by atoms with Gasteiger partial charge in [-0.3, -0.25) is 4.79 Å². The van der Waals surface area contributed by atoms with Crippen LogP contribution in [0.25, 0.3) is 6.08 Å². The number of likely N-dealkylation sites (N-methyl/N-ethyl adjacent to an activating group) is 1. The van der Waals surface area contributed by atoms with E-state index in [2.05, 4.69) is 26.0 Å². The Balaban J connectivity index is 1.96. The summed E-state index contributed by atoms with van der Waals surface area (Å²) in [6, 6.07) is 13.5. The minimum atomic E-state index is -0.150. The van der Waals surface area contributed by atoms with Crippen molar-refractivity contribution in [3.05, 3.63) is 59.4 Å². The molecule has 2 N–H and O–H groups in total. The van der Waals surface area contributed by atoms with Crippen LogP contribution in [0.15, 0.2) is 48.2 Å². The minimum absolute atomic E-state index is 0.150. The molecule has 0 saturated heterocycles. The molecule has 1 aliphatic heterocycles. The van der Waals surface area contributed by atoms with Crippen LogP contribution in [0.3, 0.4) is 0 Å². The largest absolute Gasteiger partial charge is 0.449 e. The number of carbonyl (C=O) groups is 1. The molecule has 1 aliphatic rings. The number of benzene rings is 2. The van der Waals surface area contributed by atoms with Gasteiger partial charge in [0.15, 0.2) is 11.5 Å². The van der Waals surface area contributed by atoms with Crippen molar-refractivity contribution >= 4 is 23.4 Å². The summed E-state index contributed by atoms with van der Waals surface area (Å²) in [5.41, 5.74) is 9.37. The Hall–Kier alpha value is -2.75. The van der Waals surface area contributed by atoms with Gasteiger partial charge >= 0.3 is 0 Å². The van der Waals surface area contributed by atoms with Crippen LogP contribution in [0.5, 0.6) is 5.75 Å². The van der Waals surface area contributed by atoms with Crippen LogP contribution in [0.4, 0.5) is 11.4 Å². The number of anilines is 2. The Kier molecular flexibility index (Phi) is 4.30. The summed E-state index contributed by atoms with van der Waals surface area (Å²) in [7, 11) is 0. The molecule has 2 aromatic rings. The highest BCUT2D eigenvalue weighted by atomic mass is 16.5. The second-order valence-electron chi connectivity index (χ2n) is 6.21. The summed E-state index contributed by atoms with van der Waals surface area (Å²) in [4.78, 5) is 14.4. The average molecular weight is 322 g/mol. The highest BCUT2D eigenvalue weighted by Gasteiger charge is 2.29. The van der Waals surface area contributed by atoms with E-state index >= 15 is 0 Å². The molecule has 4 heteroatoms. The number of nitrogen functional groups attached to an aromatic ring is 1. The molecule has 24 heavy (non-hydrogen) atoms. The van der Waals surface area contributed by atoms with Crippen molar-refractivity contribution in [1.82, 2.24) is 0 Å². The van der Waals surface area contributed by atoms with Gasteiger partial charge in [-0.2, -0.15) is 0 Å². The average Bonchev–Trinajstić information content (AvgIpc) is 2.56. The Bertz CT molecular complexity index is 792. The van der Waals surface area contributed by atoms with E-state index in [0.717, 1.165) is 11.3 Å². The van der Waals surface area contributed by atoms with Gasteiger partial charge in [-0.15, -0.1) is 0 Å². The summed E-state index contributed by atoms with van der Waals surface area (Å²) in [6.07, 6.45) is 1.79. The Labute approximate surface area is 142 Å². The van der Waals surface area contributed by atoms with E-state index in [4.69, 9.17) is 10.5 Å². The minimum Gasteiger partial charge on any atom is -0.449 e. The number of hydrogen-bond acceptors (Lipinski definition) is 3. The highest BCUT2D eigenvalue weighted by Crippen LogP contribution is 2.37. The first-order chi connectivity index (χ1) is 11.5. The molecular formula is C20H22N2O2. The summed E-state index contributed by atoms with van der Waals surface area (Å²) in [5.74, 6) is 1.30. The summed E-state index contributed by atoms with van der Waals surface area (Å²) in [6.45, 7) is 6.81. The van der Waals surface area contributed by atoms with E-state index in [1.165, 1.54) is 5.56 Å². The number of carbonyl (C=O) groups excluding carboxylic acids is 1. The fourth-order valence-electron chi connectivity index (χ4n) is 2.77. The zero-order valence-electron chi connectivity index (χ0n) is 14.2. The molecule has 0 atom stereocenters. The molecule has 0 saturated carbocycles. The molecule has 2 aromatic carbocycles. The number of nitrogens with zero attached hydrogens (tertiary/aromatic N) is 1. The number of ether oxygens (including phenoxy) is 1. The molecule has 1 heterocycles. The third-order valence-electron chi connectivity index (χ3n) is 4.17. The monoisotopic (exact) mass is 322 g/mol. The topological polar surface area (TPSA) is 55.6 Å². The van der Waals surface area contributed by atoms with Gasteiger partial charge in [0.2, 0.25) is 0 Å². The number of amides is 1. The first-order valence-electron chi connectivity index (χ1n) is 8.20. The van der Waals surface area contributed by atoms with E-state index < -0.39 is 0 Å². The highest BCUT2D eigenvalue weighted by molar-refractivity contribution is 6.10. The van der Waals surface area contributed by atoms with Crippen LogP contribution in [0.1, 0.15) is 37.8 Å². The van der Waals surface area contributed by atoms with Gasteiger partial charge in [-0.1, -0.05) is 38.1 Å². The summed E-state index contributed by atoms with van der Waals surface area (Å²) >= 11 is 0. The maximum atomic E-state index is 12.7. The zero-order valence-corrected chi connectivity index (χ0v) is 14.2. The fraction of sp³-hybridized carbons (Fsp3) is 0.250. The molecular weight excluding hydrogens is 300 g/mol. The molecule has 0 bridgehead atoms. The Morgan fingerprint density at radius 2 is 1.88 bits per heavy atom. The standard InChI is InChI=1S/C20H22N2O2/c1-4-22-17-12-16(21)9-10-18(17)24-19(20(22)23)11-14-5-7-15(8-6-14)13(2)3/h5-13H,4,21H2,1-3H3/b19-11+. The van der Waals surface area contributed by atoms with E-state index in [1.54, 1.807) is 29.2 Å². The van der Waals surface area contributed by atoms with Gasteiger partial charge in [0.25, 0.3) is 5.91 Å². The third kappa shape index (κ3) is 3.00. The maximum Gasteiger partial charge on any atom is 0.294 e. The lowest BCUT2D eigenvalue weighted by Crippen LogP contribution is -2.37. The fourth-order valence-corrected chi connectivity index (χ4v) is 2.77. The summed E-state index contributed by atoms with van der Waals surface area (Å²) in [5, 5.41) is 0. The molecule has 1 amide bonds. The number of rotatable bonds is 3. The molecule has 4 nitrogen and oxygen atoms in total. The molecule has 0 unspecified atom stereocenters. The second kappa shape index (κ2) is 6.40. The van der Waals surface area contributed by atoms with Crippen molar-refractivity contribution < 1.29 is 9.53 Å².